The van der Waals surface area contributed by atoms with Crippen molar-refractivity contribution in [2.24, 2.45) is 0 Å². The van der Waals surface area contributed by atoms with Gasteiger partial charge in [0.1, 0.15) is 5.82 Å². The lowest BCUT2D eigenvalue weighted by Crippen LogP contribution is -2.23. The van der Waals surface area contributed by atoms with Crippen LogP contribution in [0.5, 0.6) is 0 Å². The van der Waals surface area contributed by atoms with Crippen molar-refractivity contribution in [3.8, 4) is 0 Å². The van der Waals surface area contributed by atoms with E-state index in [9.17, 15) is 4.39 Å². The Morgan fingerprint density at radius 2 is 2.00 bits per heavy atom. The molecule has 1 atom stereocenters. The van der Waals surface area contributed by atoms with Crippen LogP contribution in [0.2, 0.25) is 0 Å². The second-order valence-corrected chi connectivity index (χ2v) is 5.19. The summed E-state index contributed by atoms with van der Waals surface area (Å²) in [4.78, 5) is 4.04. The molecule has 4 heteroatoms. The number of likely N-dealkylation sites (N-methyl/N-ethyl adjacent to an activating group) is 1. The summed E-state index contributed by atoms with van der Waals surface area (Å²) in [5.74, 6) is -0.223. The first-order valence-electron chi connectivity index (χ1n) is 6.28. The van der Waals surface area contributed by atoms with Gasteiger partial charge < -0.3 is 5.32 Å². The predicted octanol–water partition coefficient (Wildman–Crippen LogP) is 3.88. The molecule has 2 rings (SSSR count). The Morgan fingerprint density at radius 3 is 2.63 bits per heavy atom. The van der Waals surface area contributed by atoms with Gasteiger partial charge in [0.2, 0.25) is 0 Å². The highest BCUT2D eigenvalue weighted by Crippen LogP contribution is 2.24. The molecule has 2 aromatic rings. The molecule has 0 bridgehead atoms. The highest BCUT2D eigenvalue weighted by atomic mass is 79.9. The zero-order chi connectivity index (χ0) is 13.7. The fourth-order valence-corrected chi connectivity index (χ4v) is 2.57. The topological polar surface area (TPSA) is 24.9 Å². The monoisotopic (exact) mass is 322 g/mol. The molecular weight excluding hydrogens is 307 g/mol. The van der Waals surface area contributed by atoms with E-state index < -0.39 is 0 Å². The molecule has 0 amide bonds. The molecule has 0 aliphatic rings. The number of nitrogens with zero attached hydrogens (tertiary/aromatic N) is 1. The number of benzene rings is 1. The van der Waals surface area contributed by atoms with Crippen LogP contribution < -0.4 is 5.32 Å². The molecule has 1 heterocycles. The molecule has 19 heavy (non-hydrogen) atoms. The Hall–Kier alpha value is -1.26. The smallest absolute Gasteiger partial charge is 0.124 e. The van der Waals surface area contributed by atoms with Gasteiger partial charge in [-0.3, -0.25) is 4.98 Å². The number of rotatable bonds is 5. The molecule has 0 saturated heterocycles. The molecule has 0 fully saturated rings. The molecule has 0 aliphatic heterocycles. The van der Waals surface area contributed by atoms with E-state index in [4.69, 9.17) is 0 Å². The SMILES string of the molecule is CCNC(Cc1ccc(F)cc1Br)c1ccncc1. The zero-order valence-electron chi connectivity index (χ0n) is 10.7. The van der Waals surface area contributed by atoms with Crippen molar-refractivity contribution in [2.45, 2.75) is 19.4 Å². The molecule has 1 aromatic heterocycles. The largest absolute Gasteiger partial charge is 0.310 e. The van der Waals surface area contributed by atoms with Gasteiger partial charge in [0.05, 0.1) is 0 Å². The molecule has 100 valence electrons. The third-order valence-electron chi connectivity index (χ3n) is 3.00. The summed E-state index contributed by atoms with van der Waals surface area (Å²) in [6.45, 7) is 2.96. The predicted molar refractivity (Wildman–Crippen MR) is 78.5 cm³/mol. The van der Waals surface area contributed by atoms with Crippen LogP contribution in [0.1, 0.15) is 24.1 Å². The van der Waals surface area contributed by atoms with Crippen molar-refractivity contribution in [3.63, 3.8) is 0 Å². The third-order valence-corrected chi connectivity index (χ3v) is 3.74. The number of aromatic nitrogens is 1. The number of hydrogen-bond donors (Lipinski definition) is 1. The lowest BCUT2D eigenvalue weighted by molar-refractivity contribution is 0.547. The van der Waals surface area contributed by atoms with E-state index in [1.807, 2.05) is 18.2 Å². The average molecular weight is 323 g/mol. The van der Waals surface area contributed by atoms with E-state index in [1.165, 1.54) is 17.7 Å². The fraction of sp³-hybridized carbons (Fsp3) is 0.267. The molecule has 2 nitrogen and oxygen atoms in total. The second kappa shape index (κ2) is 6.78. The minimum absolute atomic E-state index is 0.203. The summed E-state index contributed by atoms with van der Waals surface area (Å²) in [6.07, 6.45) is 4.39. The molecule has 0 radical (unpaired) electrons. The van der Waals surface area contributed by atoms with Crippen LogP contribution in [-0.4, -0.2) is 11.5 Å². The van der Waals surface area contributed by atoms with Crippen molar-refractivity contribution in [1.29, 1.82) is 0 Å². The Bertz CT molecular complexity index is 531. The molecule has 1 unspecified atom stereocenters. The number of nitrogens with one attached hydrogen (secondary N) is 1. The normalized spacial score (nSPS) is 12.4. The lowest BCUT2D eigenvalue weighted by Gasteiger charge is -2.19. The summed E-state index contributed by atoms with van der Waals surface area (Å²) in [7, 11) is 0. The Balaban J connectivity index is 2.21. The summed E-state index contributed by atoms with van der Waals surface area (Å²) in [5.41, 5.74) is 2.28. The van der Waals surface area contributed by atoms with Crippen molar-refractivity contribution < 1.29 is 4.39 Å². The van der Waals surface area contributed by atoms with Crippen LogP contribution in [0, 0.1) is 5.82 Å². The summed E-state index contributed by atoms with van der Waals surface area (Å²) >= 11 is 3.42. The maximum Gasteiger partial charge on any atom is 0.124 e. The molecular formula is C15H16BrFN2. The van der Waals surface area contributed by atoms with Gasteiger partial charge in [0, 0.05) is 22.9 Å². The van der Waals surface area contributed by atoms with E-state index >= 15 is 0 Å². The standard InChI is InChI=1S/C15H16BrFN2/c1-2-19-15(11-5-7-18-8-6-11)9-12-3-4-13(17)10-14(12)16/h3-8,10,15,19H,2,9H2,1H3. The molecule has 0 aliphatic carbocycles. The summed E-state index contributed by atoms with van der Waals surface area (Å²) in [5, 5.41) is 3.45. The maximum atomic E-state index is 13.1. The lowest BCUT2D eigenvalue weighted by atomic mass is 9.99. The van der Waals surface area contributed by atoms with Crippen LogP contribution in [0.3, 0.4) is 0 Å². The van der Waals surface area contributed by atoms with Gasteiger partial charge >= 0.3 is 0 Å². The number of pyridine rings is 1. The van der Waals surface area contributed by atoms with Crippen molar-refractivity contribution in [3.05, 3.63) is 64.1 Å². The van der Waals surface area contributed by atoms with Crippen LogP contribution in [-0.2, 0) is 6.42 Å². The van der Waals surface area contributed by atoms with Gasteiger partial charge in [0.25, 0.3) is 0 Å². The Morgan fingerprint density at radius 1 is 1.26 bits per heavy atom. The van der Waals surface area contributed by atoms with Gasteiger partial charge in [0.15, 0.2) is 0 Å². The molecule has 1 N–H and O–H groups in total. The highest BCUT2D eigenvalue weighted by molar-refractivity contribution is 9.10. The molecule has 1 aromatic carbocycles. The average Bonchev–Trinajstić information content (AvgIpc) is 2.42. The first-order valence-corrected chi connectivity index (χ1v) is 7.07. The van der Waals surface area contributed by atoms with E-state index in [0.717, 1.165) is 23.0 Å². The molecule has 0 spiro atoms. The highest BCUT2D eigenvalue weighted by Gasteiger charge is 2.13. The quantitative estimate of drug-likeness (QED) is 0.903. The maximum absolute atomic E-state index is 13.1. The van der Waals surface area contributed by atoms with E-state index in [-0.39, 0.29) is 11.9 Å². The second-order valence-electron chi connectivity index (χ2n) is 4.33. The van der Waals surface area contributed by atoms with Gasteiger partial charge in [-0.2, -0.15) is 0 Å². The van der Waals surface area contributed by atoms with Crippen molar-refractivity contribution in [1.82, 2.24) is 10.3 Å². The van der Waals surface area contributed by atoms with E-state index in [0.29, 0.717) is 0 Å². The van der Waals surface area contributed by atoms with Crippen molar-refractivity contribution in [2.75, 3.05) is 6.54 Å². The van der Waals surface area contributed by atoms with Gasteiger partial charge in [-0.15, -0.1) is 0 Å². The third kappa shape index (κ3) is 3.85. The van der Waals surface area contributed by atoms with Crippen molar-refractivity contribution >= 4 is 15.9 Å². The minimum Gasteiger partial charge on any atom is -0.310 e. The van der Waals surface area contributed by atoms with Gasteiger partial charge in [-0.25, -0.2) is 4.39 Å². The Labute approximate surface area is 121 Å². The van der Waals surface area contributed by atoms with E-state index in [2.05, 4.69) is 33.2 Å². The van der Waals surface area contributed by atoms with Gasteiger partial charge in [-0.05, 0) is 48.4 Å². The Kier molecular flexibility index (Phi) is 5.05. The zero-order valence-corrected chi connectivity index (χ0v) is 12.3. The van der Waals surface area contributed by atoms with Crippen LogP contribution in [0.25, 0.3) is 0 Å². The van der Waals surface area contributed by atoms with Gasteiger partial charge in [-0.1, -0.05) is 28.9 Å². The fourth-order valence-electron chi connectivity index (χ4n) is 2.06. The first-order chi connectivity index (χ1) is 9.20. The van der Waals surface area contributed by atoms with Crippen LogP contribution in [0.4, 0.5) is 4.39 Å². The van der Waals surface area contributed by atoms with Crippen LogP contribution >= 0.6 is 15.9 Å². The number of halogens is 2. The van der Waals surface area contributed by atoms with Crippen LogP contribution in [0.15, 0.2) is 47.2 Å². The van der Waals surface area contributed by atoms with E-state index in [1.54, 1.807) is 12.4 Å². The summed E-state index contributed by atoms with van der Waals surface area (Å²) < 4.78 is 13.9. The molecule has 0 saturated carbocycles. The first kappa shape index (κ1) is 14.2. The summed E-state index contributed by atoms with van der Waals surface area (Å²) in [6, 6.07) is 9.04. The minimum atomic E-state index is -0.223. The number of hydrogen-bond acceptors (Lipinski definition) is 2.